The Balaban J connectivity index is 1.79. The highest BCUT2D eigenvalue weighted by atomic mass is 16.5. The molecule has 1 amide bonds. The van der Waals surface area contributed by atoms with E-state index < -0.39 is 17.1 Å². The highest BCUT2D eigenvalue weighted by Gasteiger charge is 2.44. The molecule has 1 heterocycles. The second-order valence-corrected chi connectivity index (χ2v) is 6.44. The first-order chi connectivity index (χ1) is 10.4. The maximum absolute atomic E-state index is 11.8. The van der Waals surface area contributed by atoms with Crippen molar-refractivity contribution in [3.8, 4) is 0 Å². The van der Waals surface area contributed by atoms with Crippen molar-refractivity contribution in [3.05, 3.63) is 35.9 Å². The number of amides is 1. The van der Waals surface area contributed by atoms with E-state index in [4.69, 9.17) is 9.47 Å². The minimum atomic E-state index is -0.821. The van der Waals surface area contributed by atoms with Crippen LogP contribution in [0.5, 0.6) is 0 Å². The first kappa shape index (κ1) is 16.8. The molecular weight excluding hydrogens is 282 g/mol. The Labute approximate surface area is 131 Å². The molecule has 22 heavy (non-hydrogen) atoms. The van der Waals surface area contributed by atoms with Crippen LogP contribution in [-0.4, -0.2) is 36.6 Å². The van der Waals surface area contributed by atoms with Gasteiger partial charge in [0.1, 0.15) is 6.61 Å². The monoisotopic (exact) mass is 307 g/mol. The highest BCUT2D eigenvalue weighted by Crippen LogP contribution is 2.38. The Morgan fingerprint density at radius 2 is 1.95 bits per heavy atom. The van der Waals surface area contributed by atoms with E-state index in [9.17, 15) is 9.90 Å². The van der Waals surface area contributed by atoms with Crippen molar-refractivity contribution in [3.63, 3.8) is 0 Å². The number of carbonyl (C=O) groups excluding carboxylic acids is 1. The zero-order valence-corrected chi connectivity index (χ0v) is 13.3. The third kappa shape index (κ3) is 4.21. The number of hydrogen-bond donors (Lipinski definition) is 2. The lowest BCUT2D eigenvalue weighted by Gasteiger charge is -2.45. The molecule has 2 N–H and O–H groups in total. The van der Waals surface area contributed by atoms with Crippen molar-refractivity contribution in [2.75, 3.05) is 19.8 Å². The zero-order valence-electron chi connectivity index (χ0n) is 13.3. The molecule has 0 radical (unpaired) electrons. The predicted octanol–water partition coefficient (Wildman–Crippen LogP) is 2.48. The third-order valence-corrected chi connectivity index (χ3v) is 4.47. The summed E-state index contributed by atoms with van der Waals surface area (Å²) in [5.41, 5.74) is -0.319. The second kappa shape index (κ2) is 7.11. The molecule has 1 saturated heterocycles. The van der Waals surface area contributed by atoms with Crippen LogP contribution >= 0.6 is 0 Å². The van der Waals surface area contributed by atoms with Crippen LogP contribution in [-0.2, 0) is 16.1 Å². The highest BCUT2D eigenvalue weighted by molar-refractivity contribution is 5.67. The van der Waals surface area contributed by atoms with Crippen LogP contribution < -0.4 is 5.32 Å². The van der Waals surface area contributed by atoms with Crippen molar-refractivity contribution >= 4 is 6.09 Å². The van der Waals surface area contributed by atoms with Gasteiger partial charge in [0, 0.05) is 38.0 Å². The van der Waals surface area contributed by atoms with E-state index in [0.717, 1.165) is 5.56 Å². The van der Waals surface area contributed by atoms with Crippen LogP contribution in [0.25, 0.3) is 0 Å². The normalized spacial score (nSPS) is 17.8. The van der Waals surface area contributed by atoms with Gasteiger partial charge in [-0.3, -0.25) is 0 Å². The number of alkyl carbamates (subject to hydrolysis) is 1. The van der Waals surface area contributed by atoms with Gasteiger partial charge in [-0.05, 0) is 5.56 Å². The molecule has 5 nitrogen and oxygen atoms in total. The fourth-order valence-corrected chi connectivity index (χ4v) is 2.62. The van der Waals surface area contributed by atoms with E-state index in [1.165, 1.54) is 0 Å². The molecule has 1 aliphatic heterocycles. The fraction of sp³-hybridized carbons (Fsp3) is 0.588. The van der Waals surface area contributed by atoms with E-state index in [0.29, 0.717) is 32.6 Å². The Bertz CT molecular complexity index is 481. The van der Waals surface area contributed by atoms with Crippen molar-refractivity contribution < 1.29 is 19.4 Å². The number of ether oxygens (including phenoxy) is 2. The number of aliphatic hydroxyl groups is 1. The Morgan fingerprint density at radius 3 is 2.59 bits per heavy atom. The second-order valence-electron chi connectivity index (χ2n) is 6.44. The van der Waals surface area contributed by atoms with Gasteiger partial charge in [0.2, 0.25) is 0 Å². The summed E-state index contributed by atoms with van der Waals surface area (Å²) >= 11 is 0. The molecule has 0 bridgehead atoms. The topological polar surface area (TPSA) is 67.8 Å². The quantitative estimate of drug-likeness (QED) is 0.877. The summed E-state index contributed by atoms with van der Waals surface area (Å²) in [5.74, 6) is 0. The van der Waals surface area contributed by atoms with Gasteiger partial charge in [-0.2, -0.15) is 0 Å². The molecule has 0 saturated carbocycles. The average molecular weight is 307 g/mol. The van der Waals surface area contributed by atoms with Crippen molar-refractivity contribution in [2.24, 2.45) is 5.41 Å². The lowest BCUT2D eigenvalue weighted by molar-refractivity contribution is -0.130. The van der Waals surface area contributed by atoms with E-state index in [1.807, 2.05) is 44.2 Å². The minimum Gasteiger partial charge on any atom is -0.445 e. The smallest absolute Gasteiger partial charge is 0.407 e. The standard InChI is InChI=1S/C17H25NO4/c1-16(2,17(20)8-10-21-11-9-17)13-18-15(19)22-12-14-6-4-3-5-7-14/h3-7,20H,8-13H2,1-2H3,(H,18,19). The maximum Gasteiger partial charge on any atom is 0.407 e. The Morgan fingerprint density at radius 1 is 1.32 bits per heavy atom. The number of hydrogen-bond acceptors (Lipinski definition) is 4. The largest absolute Gasteiger partial charge is 0.445 e. The summed E-state index contributed by atoms with van der Waals surface area (Å²) in [6.45, 7) is 5.62. The fourth-order valence-electron chi connectivity index (χ4n) is 2.62. The first-order valence-corrected chi connectivity index (χ1v) is 7.68. The zero-order chi connectivity index (χ0) is 16.1. The summed E-state index contributed by atoms with van der Waals surface area (Å²) in [7, 11) is 0. The Hall–Kier alpha value is -1.59. The SMILES string of the molecule is CC(C)(CNC(=O)OCc1ccccc1)C1(O)CCOCC1. The summed E-state index contributed by atoms with van der Waals surface area (Å²) in [5, 5.41) is 13.5. The number of carbonyl (C=O) groups is 1. The Kier molecular flexibility index (Phi) is 5.42. The third-order valence-electron chi connectivity index (χ3n) is 4.47. The van der Waals surface area contributed by atoms with Crippen molar-refractivity contribution in [1.29, 1.82) is 0 Å². The number of nitrogens with one attached hydrogen (secondary N) is 1. The van der Waals surface area contributed by atoms with Crippen molar-refractivity contribution in [2.45, 2.75) is 38.9 Å². The van der Waals surface area contributed by atoms with E-state index in [1.54, 1.807) is 0 Å². The van der Waals surface area contributed by atoms with Crippen LogP contribution in [0.15, 0.2) is 30.3 Å². The van der Waals surface area contributed by atoms with Gasteiger partial charge >= 0.3 is 6.09 Å². The first-order valence-electron chi connectivity index (χ1n) is 7.68. The molecule has 122 valence electrons. The van der Waals surface area contributed by atoms with Crippen molar-refractivity contribution in [1.82, 2.24) is 5.32 Å². The summed E-state index contributed by atoms with van der Waals surface area (Å²) in [6, 6.07) is 9.53. The molecule has 1 aromatic rings. The molecule has 1 aliphatic rings. The molecule has 0 unspecified atom stereocenters. The lowest BCUT2D eigenvalue weighted by Crippen LogP contribution is -2.53. The molecular formula is C17H25NO4. The lowest BCUT2D eigenvalue weighted by atomic mass is 9.70. The number of rotatable bonds is 5. The van der Waals surface area contributed by atoms with Gasteiger partial charge in [-0.1, -0.05) is 44.2 Å². The molecule has 1 aromatic carbocycles. The van der Waals surface area contributed by atoms with Gasteiger partial charge in [0.05, 0.1) is 5.60 Å². The molecule has 1 fully saturated rings. The molecule has 0 atom stereocenters. The van der Waals surface area contributed by atoms with Gasteiger partial charge in [0.15, 0.2) is 0 Å². The van der Waals surface area contributed by atoms with E-state index in [2.05, 4.69) is 5.32 Å². The van der Waals surface area contributed by atoms with Crippen LogP contribution in [0.3, 0.4) is 0 Å². The predicted molar refractivity (Wildman–Crippen MR) is 83.4 cm³/mol. The van der Waals surface area contributed by atoms with Crippen LogP contribution in [0, 0.1) is 5.41 Å². The number of benzene rings is 1. The average Bonchev–Trinajstić information content (AvgIpc) is 2.52. The molecule has 2 rings (SSSR count). The van der Waals surface area contributed by atoms with Crippen LogP contribution in [0.4, 0.5) is 4.79 Å². The summed E-state index contributed by atoms with van der Waals surface area (Å²) < 4.78 is 10.5. The van der Waals surface area contributed by atoms with E-state index in [-0.39, 0.29) is 6.61 Å². The van der Waals surface area contributed by atoms with Gasteiger partial charge in [0.25, 0.3) is 0 Å². The van der Waals surface area contributed by atoms with Gasteiger partial charge in [-0.25, -0.2) is 4.79 Å². The van der Waals surface area contributed by atoms with Gasteiger partial charge < -0.3 is 19.9 Å². The molecule has 0 aliphatic carbocycles. The molecule has 5 heteroatoms. The maximum atomic E-state index is 11.8. The molecule has 0 spiro atoms. The summed E-state index contributed by atoms with van der Waals surface area (Å²) in [6.07, 6.45) is 0.703. The summed E-state index contributed by atoms with van der Waals surface area (Å²) in [4.78, 5) is 11.8. The van der Waals surface area contributed by atoms with Crippen LogP contribution in [0.2, 0.25) is 0 Å². The van der Waals surface area contributed by atoms with E-state index >= 15 is 0 Å². The van der Waals surface area contributed by atoms with Gasteiger partial charge in [-0.15, -0.1) is 0 Å². The van der Waals surface area contributed by atoms with Crippen LogP contribution in [0.1, 0.15) is 32.3 Å². The minimum absolute atomic E-state index is 0.241. The molecule has 0 aromatic heterocycles.